The molecule has 2 aromatic heterocycles. The molecular formula is C22H18FN5. The van der Waals surface area contributed by atoms with Gasteiger partial charge in [0.1, 0.15) is 17.7 Å². The van der Waals surface area contributed by atoms with Gasteiger partial charge in [0, 0.05) is 0 Å². The van der Waals surface area contributed by atoms with Crippen molar-refractivity contribution in [2.45, 2.75) is 20.3 Å². The van der Waals surface area contributed by atoms with E-state index in [4.69, 9.17) is 0 Å². The zero-order valence-electron chi connectivity index (χ0n) is 15.6. The summed E-state index contributed by atoms with van der Waals surface area (Å²) in [5.41, 5.74) is 8.71. The van der Waals surface area contributed by atoms with Crippen LogP contribution < -0.4 is 5.43 Å². The third-order valence-electron chi connectivity index (χ3n) is 4.84. The molecule has 0 aliphatic rings. The monoisotopic (exact) mass is 371 g/mol. The van der Waals surface area contributed by atoms with E-state index in [0.717, 1.165) is 40.0 Å². The molecule has 1 N–H and O–H groups in total. The lowest BCUT2D eigenvalue weighted by Gasteiger charge is -2.15. The predicted octanol–water partition coefficient (Wildman–Crippen LogP) is 4.82. The van der Waals surface area contributed by atoms with Gasteiger partial charge in [-0.05, 0) is 54.3 Å². The number of hydrogen-bond donors (Lipinski definition) is 1. The van der Waals surface area contributed by atoms with Crippen LogP contribution in [0.2, 0.25) is 0 Å². The molecule has 0 aliphatic heterocycles. The van der Waals surface area contributed by atoms with Gasteiger partial charge in [-0.1, -0.05) is 31.2 Å². The van der Waals surface area contributed by atoms with E-state index < -0.39 is 0 Å². The van der Waals surface area contributed by atoms with Crippen molar-refractivity contribution in [2.75, 3.05) is 5.43 Å². The average Bonchev–Trinajstić information content (AvgIpc) is 3.08. The summed E-state index contributed by atoms with van der Waals surface area (Å²) in [4.78, 5) is 4.67. The molecule has 2 heterocycles. The number of nitrogens with one attached hydrogen (secondary N) is 1. The number of rotatable bonds is 4. The molecule has 0 unspecified atom stereocenters. The van der Waals surface area contributed by atoms with Gasteiger partial charge in [0.2, 0.25) is 0 Å². The van der Waals surface area contributed by atoms with Crippen LogP contribution in [0.15, 0.2) is 53.6 Å². The van der Waals surface area contributed by atoms with Crippen LogP contribution in [0.4, 0.5) is 10.2 Å². The summed E-state index contributed by atoms with van der Waals surface area (Å²) in [5, 5.41) is 14.1. The molecule has 6 heteroatoms. The minimum absolute atomic E-state index is 0.285. The van der Waals surface area contributed by atoms with E-state index in [9.17, 15) is 9.65 Å². The van der Waals surface area contributed by atoms with E-state index in [-0.39, 0.29) is 5.82 Å². The van der Waals surface area contributed by atoms with E-state index >= 15 is 0 Å². The van der Waals surface area contributed by atoms with Gasteiger partial charge in [-0.3, -0.25) is 9.83 Å². The Labute approximate surface area is 161 Å². The molecule has 0 bridgehead atoms. The number of nitriles is 1. The third kappa shape index (κ3) is 2.87. The van der Waals surface area contributed by atoms with Crippen LogP contribution in [0.5, 0.6) is 0 Å². The summed E-state index contributed by atoms with van der Waals surface area (Å²) in [7, 11) is 0. The van der Waals surface area contributed by atoms with Crippen LogP contribution >= 0.6 is 0 Å². The van der Waals surface area contributed by atoms with Gasteiger partial charge < -0.3 is 0 Å². The standard InChI is InChI=1S/C22H18FN5/c1-3-17-14(2)18(12-24)21-26-19-6-4-5-7-20(19)28(21)22(17)27-25-13-15-8-10-16(23)11-9-15/h4-11,13,27H,3H2,1-2H3. The molecule has 0 amide bonds. The lowest BCUT2D eigenvalue weighted by molar-refractivity contribution is 0.628. The Morgan fingerprint density at radius 1 is 1.21 bits per heavy atom. The summed E-state index contributed by atoms with van der Waals surface area (Å²) in [6.07, 6.45) is 2.37. The van der Waals surface area contributed by atoms with Crippen LogP contribution in [0.3, 0.4) is 0 Å². The number of anilines is 1. The van der Waals surface area contributed by atoms with Crippen LogP contribution in [-0.4, -0.2) is 15.6 Å². The second kappa shape index (κ2) is 7.12. The Balaban J connectivity index is 1.91. The highest BCUT2D eigenvalue weighted by Crippen LogP contribution is 2.31. The fourth-order valence-electron chi connectivity index (χ4n) is 3.45. The van der Waals surface area contributed by atoms with Gasteiger partial charge in [-0.25, -0.2) is 9.37 Å². The summed E-state index contributed by atoms with van der Waals surface area (Å²) >= 11 is 0. The maximum atomic E-state index is 13.1. The minimum atomic E-state index is -0.285. The molecule has 5 nitrogen and oxygen atoms in total. The van der Waals surface area contributed by atoms with E-state index in [1.165, 1.54) is 12.1 Å². The molecule has 0 saturated carbocycles. The van der Waals surface area contributed by atoms with Crippen molar-refractivity contribution in [3.8, 4) is 6.07 Å². The fourth-order valence-corrected chi connectivity index (χ4v) is 3.45. The average molecular weight is 371 g/mol. The maximum Gasteiger partial charge on any atom is 0.157 e. The summed E-state index contributed by atoms with van der Waals surface area (Å²) < 4.78 is 15.0. The smallest absolute Gasteiger partial charge is 0.157 e. The van der Waals surface area contributed by atoms with Gasteiger partial charge in [-0.2, -0.15) is 10.4 Å². The SMILES string of the molecule is CCc1c(C)c(C#N)c2nc3ccccc3n2c1NN=Cc1ccc(F)cc1. The Morgan fingerprint density at radius 3 is 2.68 bits per heavy atom. The largest absolute Gasteiger partial charge is 0.276 e. The Morgan fingerprint density at radius 2 is 1.96 bits per heavy atom. The number of hydrogen-bond acceptors (Lipinski definition) is 4. The highest BCUT2D eigenvalue weighted by Gasteiger charge is 2.19. The summed E-state index contributed by atoms with van der Waals surface area (Å²) in [6, 6.07) is 16.2. The molecule has 28 heavy (non-hydrogen) atoms. The zero-order chi connectivity index (χ0) is 19.7. The van der Waals surface area contributed by atoms with Gasteiger partial charge >= 0.3 is 0 Å². The molecular weight excluding hydrogens is 353 g/mol. The summed E-state index contributed by atoms with van der Waals surface area (Å²) in [6.45, 7) is 3.98. The van der Waals surface area contributed by atoms with Gasteiger partial charge in [0.25, 0.3) is 0 Å². The number of para-hydroxylation sites is 2. The van der Waals surface area contributed by atoms with Crippen molar-refractivity contribution >= 4 is 28.7 Å². The van der Waals surface area contributed by atoms with Gasteiger partial charge in [0.05, 0.1) is 22.8 Å². The minimum Gasteiger partial charge on any atom is -0.276 e. The molecule has 138 valence electrons. The van der Waals surface area contributed by atoms with E-state index in [1.54, 1.807) is 18.3 Å². The van der Waals surface area contributed by atoms with Gasteiger partial charge in [-0.15, -0.1) is 0 Å². The molecule has 0 radical (unpaired) electrons. The topological polar surface area (TPSA) is 65.5 Å². The number of imidazole rings is 1. The van der Waals surface area contributed by atoms with Crippen LogP contribution in [0.25, 0.3) is 16.7 Å². The number of fused-ring (bicyclic) bond motifs is 3. The van der Waals surface area contributed by atoms with Crippen molar-refractivity contribution in [1.82, 2.24) is 9.38 Å². The van der Waals surface area contributed by atoms with Gasteiger partial charge in [0.15, 0.2) is 5.65 Å². The Hall–Kier alpha value is -3.72. The number of aromatic nitrogens is 2. The Bertz CT molecular complexity index is 1250. The van der Waals surface area contributed by atoms with Crippen molar-refractivity contribution in [1.29, 1.82) is 5.26 Å². The second-order valence-electron chi connectivity index (χ2n) is 6.47. The molecule has 0 fully saturated rings. The van der Waals surface area contributed by atoms with Crippen LogP contribution in [-0.2, 0) is 6.42 Å². The predicted molar refractivity (Wildman–Crippen MR) is 109 cm³/mol. The van der Waals surface area contributed by atoms with E-state index in [2.05, 4.69) is 21.6 Å². The number of halogens is 1. The number of pyridine rings is 1. The van der Waals surface area contributed by atoms with Crippen molar-refractivity contribution < 1.29 is 4.39 Å². The van der Waals surface area contributed by atoms with Crippen molar-refractivity contribution in [3.63, 3.8) is 0 Å². The van der Waals surface area contributed by atoms with E-state index in [1.807, 2.05) is 42.5 Å². The first-order valence-corrected chi connectivity index (χ1v) is 9.01. The normalized spacial score (nSPS) is 11.4. The summed E-state index contributed by atoms with van der Waals surface area (Å²) in [5.74, 6) is 0.494. The molecule has 4 rings (SSSR count). The highest BCUT2D eigenvalue weighted by molar-refractivity contribution is 5.86. The lowest BCUT2D eigenvalue weighted by atomic mass is 10.0. The maximum absolute atomic E-state index is 13.1. The third-order valence-corrected chi connectivity index (χ3v) is 4.84. The first-order valence-electron chi connectivity index (χ1n) is 9.01. The second-order valence-corrected chi connectivity index (χ2v) is 6.47. The molecule has 0 aliphatic carbocycles. The first kappa shape index (κ1) is 17.7. The molecule has 4 aromatic rings. The van der Waals surface area contributed by atoms with Crippen molar-refractivity contribution in [3.05, 3.63) is 76.6 Å². The van der Waals surface area contributed by atoms with Crippen molar-refractivity contribution in [2.24, 2.45) is 5.10 Å². The number of nitrogens with zero attached hydrogens (tertiary/aromatic N) is 4. The van der Waals surface area contributed by atoms with E-state index in [0.29, 0.717) is 11.2 Å². The fraction of sp³-hybridized carbons (Fsp3) is 0.136. The highest BCUT2D eigenvalue weighted by atomic mass is 19.1. The molecule has 0 saturated heterocycles. The molecule has 0 spiro atoms. The van der Waals surface area contributed by atoms with Crippen LogP contribution in [0.1, 0.15) is 29.2 Å². The number of benzene rings is 2. The quantitative estimate of drug-likeness (QED) is 0.413. The first-order chi connectivity index (χ1) is 13.6. The molecule has 0 atom stereocenters. The number of hydrazone groups is 1. The zero-order valence-corrected chi connectivity index (χ0v) is 15.6. The van der Waals surface area contributed by atoms with Crippen LogP contribution in [0, 0.1) is 24.1 Å². The Kier molecular flexibility index (Phi) is 4.50. The lowest BCUT2D eigenvalue weighted by Crippen LogP contribution is -2.07. The molecule has 2 aromatic carbocycles.